The topological polar surface area (TPSA) is 25.8 Å². The zero-order valence-electron chi connectivity index (χ0n) is 21.0. The molecule has 182 valence electrons. The van der Waals surface area contributed by atoms with Crippen molar-refractivity contribution in [3.63, 3.8) is 0 Å². The number of fused-ring (bicyclic) bond motifs is 8. The average Bonchev–Trinajstić information content (AvgIpc) is 3.42. The van der Waals surface area contributed by atoms with E-state index in [1.165, 1.54) is 37.2 Å². The molecule has 0 saturated carbocycles. The van der Waals surface area contributed by atoms with Gasteiger partial charge in [-0.15, -0.1) is 11.3 Å². The van der Waals surface area contributed by atoms with Crippen molar-refractivity contribution in [3.8, 4) is 33.8 Å². The van der Waals surface area contributed by atoms with Crippen molar-refractivity contribution in [1.29, 1.82) is 0 Å². The van der Waals surface area contributed by atoms with Crippen molar-refractivity contribution in [3.05, 3.63) is 133 Å². The Kier molecular flexibility index (Phi) is 5.04. The van der Waals surface area contributed by atoms with E-state index in [9.17, 15) is 0 Å². The normalized spacial score (nSPS) is 11.6. The zero-order valence-corrected chi connectivity index (χ0v) is 21.8. The minimum absolute atomic E-state index is 0.746. The van der Waals surface area contributed by atoms with Gasteiger partial charge in [0.2, 0.25) is 0 Å². The highest BCUT2D eigenvalue weighted by Crippen LogP contribution is 2.46. The van der Waals surface area contributed by atoms with E-state index in [-0.39, 0.29) is 0 Å². The van der Waals surface area contributed by atoms with Crippen LogP contribution in [0.4, 0.5) is 0 Å². The second kappa shape index (κ2) is 8.87. The fourth-order valence-corrected chi connectivity index (χ4v) is 6.96. The maximum absolute atomic E-state index is 5.31. The van der Waals surface area contributed by atoms with E-state index in [0.717, 1.165) is 38.4 Å². The summed E-state index contributed by atoms with van der Waals surface area (Å²) in [7, 11) is 0. The van der Waals surface area contributed by atoms with E-state index < -0.39 is 0 Å². The smallest absolute Gasteiger partial charge is 0.160 e. The molecule has 0 radical (unpaired) electrons. The summed E-state index contributed by atoms with van der Waals surface area (Å²) in [5, 5.41) is 6.24. The molecule has 8 rings (SSSR count). The summed E-state index contributed by atoms with van der Waals surface area (Å²) >= 11 is 1.81. The lowest BCUT2D eigenvalue weighted by Crippen LogP contribution is -1.94. The second-order valence-electron chi connectivity index (χ2n) is 9.78. The van der Waals surface area contributed by atoms with Gasteiger partial charge >= 0.3 is 0 Å². The molecule has 2 nitrogen and oxygen atoms in total. The van der Waals surface area contributed by atoms with Crippen molar-refractivity contribution >= 4 is 53.2 Å². The molecule has 6 aromatic carbocycles. The van der Waals surface area contributed by atoms with Crippen LogP contribution in [0, 0.1) is 0 Å². The SMILES string of the molecule is c1ccc(-c2cccc(-c3nc(-c4ccccc4)c4sc5c6ccccc6c6ccccc6c5c4n3)c2)cc1. The van der Waals surface area contributed by atoms with Gasteiger partial charge in [-0.2, -0.15) is 0 Å². The number of thiophene rings is 1. The molecule has 2 aromatic heterocycles. The molecule has 0 amide bonds. The fourth-order valence-electron chi connectivity index (χ4n) is 5.66. The minimum Gasteiger partial charge on any atom is -0.226 e. The van der Waals surface area contributed by atoms with Gasteiger partial charge in [0.1, 0.15) is 0 Å². The van der Waals surface area contributed by atoms with Crippen LogP contribution < -0.4 is 0 Å². The lowest BCUT2D eigenvalue weighted by molar-refractivity contribution is 1.24. The first kappa shape index (κ1) is 22.2. The Morgan fingerprint density at radius 3 is 1.72 bits per heavy atom. The van der Waals surface area contributed by atoms with Crippen LogP contribution in [0.2, 0.25) is 0 Å². The Labute approximate surface area is 229 Å². The van der Waals surface area contributed by atoms with Crippen LogP contribution in [0.5, 0.6) is 0 Å². The quantitative estimate of drug-likeness (QED) is 0.219. The number of benzene rings is 6. The van der Waals surface area contributed by atoms with Gasteiger partial charge in [0, 0.05) is 26.6 Å². The van der Waals surface area contributed by atoms with Crippen LogP contribution in [0.25, 0.3) is 75.6 Å². The maximum atomic E-state index is 5.31. The Balaban J connectivity index is 1.50. The van der Waals surface area contributed by atoms with Crippen LogP contribution in [0.3, 0.4) is 0 Å². The summed E-state index contributed by atoms with van der Waals surface area (Å²) in [4.78, 5) is 10.5. The van der Waals surface area contributed by atoms with Crippen molar-refractivity contribution in [2.75, 3.05) is 0 Å². The molecular weight excluding hydrogens is 492 g/mol. The molecule has 0 aliphatic rings. The summed E-state index contributed by atoms with van der Waals surface area (Å²) in [6, 6.07) is 47.0. The average molecular weight is 515 g/mol. The summed E-state index contributed by atoms with van der Waals surface area (Å²) in [6.07, 6.45) is 0. The van der Waals surface area contributed by atoms with Gasteiger partial charge in [0.25, 0.3) is 0 Å². The highest BCUT2D eigenvalue weighted by atomic mass is 32.1. The van der Waals surface area contributed by atoms with Crippen LogP contribution >= 0.6 is 11.3 Å². The first-order valence-corrected chi connectivity index (χ1v) is 13.9. The van der Waals surface area contributed by atoms with Gasteiger partial charge in [-0.1, -0.05) is 127 Å². The van der Waals surface area contributed by atoms with Gasteiger partial charge in [-0.05, 0) is 33.4 Å². The molecule has 0 unspecified atom stereocenters. The van der Waals surface area contributed by atoms with Gasteiger partial charge < -0.3 is 0 Å². The van der Waals surface area contributed by atoms with E-state index in [0.29, 0.717) is 0 Å². The standard InChI is InChI=1S/C36H22N2S/c1-3-12-23(13-4-1)25-16-11-17-26(22-25)36-37-32(24-14-5-2-6-15-24)35-33(38-36)31-29-20-9-7-18-27(29)28-19-8-10-21-30(28)34(31)39-35/h1-22H. The third kappa shape index (κ3) is 3.55. The molecule has 0 aliphatic carbocycles. The highest BCUT2D eigenvalue weighted by Gasteiger charge is 2.20. The summed E-state index contributed by atoms with van der Waals surface area (Å²) in [6.45, 7) is 0. The molecule has 2 heterocycles. The predicted octanol–water partition coefficient (Wildman–Crippen LogP) is 10.2. The molecule has 0 fully saturated rings. The molecule has 0 bridgehead atoms. The summed E-state index contributed by atoms with van der Waals surface area (Å²) in [5.41, 5.74) is 6.46. The number of hydrogen-bond donors (Lipinski definition) is 0. The van der Waals surface area contributed by atoms with Gasteiger partial charge in [0.15, 0.2) is 5.82 Å². The van der Waals surface area contributed by atoms with Crippen LogP contribution in [0.1, 0.15) is 0 Å². The van der Waals surface area contributed by atoms with Crippen molar-refractivity contribution in [2.45, 2.75) is 0 Å². The number of hydrogen-bond acceptors (Lipinski definition) is 3. The minimum atomic E-state index is 0.746. The zero-order chi connectivity index (χ0) is 25.8. The third-order valence-corrected chi connectivity index (χ3v) is 8.69. The first-order chi connectivity index (χ1) is 19.3. The lowest BCUT2D eigenvalue weighted by atomic mass is 9.98. The van der Waals surface area contributed by atoms with Gasteiger partial charge in [-0.3, -0.25) is 0 Å². The summed E-state index contributed by atoms with van der Waals surface area (Å²) in [5.74, 6) is 0.746. The van der Waals surface area contributed by atoms with E-state index in [1.807, 2.05) is 6.07 Å². The van der Waals surface area contributed by atoms with Gasteiger partial charge in [-0.25, -0.2) is 9.97 Å². The number of nitrogens with zero attached hydrogens (tertiary/aromatic N) is 2. The summed E-state index contributed by atoms with van der Waals surface area (Å²) < 4.78 is 2.39. The van der Waals surface area contributed by atoms with Crippen molar-refractivity contribution in [1.82, 2.24) is 9.97 Å². The molecule has 8 aromatic rings. The third-order valence-electron chi connectivity index (χ3n) is 7.47. The molecular formula is C36H22N2S. The van der Waals surface area contributed by atoms with E-state index in [2.05, 4.69) is 127 Å². The van der Waals surface area contributed by atoms with E-state index in [4.69, 9.17) is 9.97 Å². The molecule has 39 heavy (non-hydrogen) atoms. The second-order valence-corrected chi connectivity index (χ2v) is 10.8. The molecule has 0 saturated heterocycles. The number of aromatic nitrogens is 2. The van der Waals surface area contributed by atoms with E-state index >= 15 is 0 Å². The number of rotatable bonds is 3. The first-order valence-electron chi connectivity index (χ1n) is 13.1. The van der Waals surface area contributed by atoms with Gasteiger partial charge in [0.05, 0.1) is 15.9 Å². The molecule has 0 atom stereocenters. The molecule has 3 heteroatoms. The van der Waals surface area contributed by atoms with Crippen LogP contribution in [0.15, 0.2) is 133 Å². The van der Waals surface area contributed by atoms with Crippen LogP contribution in [-0.4, -0.2) is 9.97 Å². The Morgan fingerprint density at radius 1 is 0.410 bits per heavy atom. The Morgan fingerprint density at radius 2 is 0.974 bits per heavy atom. The Hall–Kier alpha value is -4.86. The molecule has 0 spiro atoms. The largest absolute Gasteiger partial charge is 0.226 e. The highest BCUT2D eigenvalue weighted by molar-refractivity contribution is 7.27. The van der Waals surface area contributed by atoms with Crippen LogP contribution in [-0.2, 0) is 0 Å². The lowest BCUT2D eigenvalue weighted by Gasteiger charge is -2.09. The predicted molar refractivity (Wildman–Crippen MR) is 166 cm³/mol. The van der Waals surface area contributed by atoms with E-state index in [1.54, 1.807) is 11.3 Å². The monoisotopic (exact) mass is 514 g/mol. The van der Waals surface area contributed by atoms with Crippen molar-refractivity contribution < 1.29 is 0 Å². The van der Waals surface area contributed by atoms with Crippen molar-refractivity contribution in [2.24, 2.45) is 0 Å². The molecule has 0 aliphatic heterocycles. The Bertz CT molecular complexity index is 2160. The molecule has 0 N–H and O–H groups in total. The maximum Gasteiger partial charge on any atom is 0.160 e. The fraction of sp³-hybridized carbons (Fsp3) is 0.